The summed E-state index contributed by atoms with van der Waals surface area (Å²) in [6.07, 6.45) is 2.78. The molecule has 1 aromatic heterocycles. The molecule has 0 bridgehead atoms. The molecule has 92 valence electrons. The van der Waals surface area contributed by atoms with Crippen LogP contribution < -0.4 is 5.73 Å². The molecule has 1 aromatic carbocycles. The van der Waals surface area contributed by atoms with E-state index in [4.69, 9.17) is 15.6 Å². The number of benzene rings is 1. The van der Waals surface area contributed by atoms with Gasteiger partial charge in [0.25, 0.3) is 5.97 Å². The van der Waals surface area contributed by atoms with Crippen molar-refractivity contribution in [1.29, 1.82) is 0 Å². The number of fused-ring (bicyclic) bond motifs is 1. The number of phenolic OH excluding ortho intramolecular Hbond substituents is 1. The number of hydrogen-bond donors (Lipinski definition) is 4. The van der Waals surface area contributed by atoms with Crippen LogP contribution in [0.3, 0.4) is 0 Å². The number of nitrogens with two attached hydrogens (primary N) is 1. The molecule has 5 N–H and O–H groups in total. The van der Waals surface area contributed by atoms with Crippen molar-refractivity contribution in [2.75, 3.05) is 6.54 Å². The Morgan fingerprint density at radius 3 is 2.71 bits per heavy atom. The van der Waals surface area contributed by atoms with Gasteiger partial charge in [-0.3, -0.25) is 4.79 Å². The Labute approximate surface area is 98.9 Å². The van der Waals surface area contributed by atoms with Gasteiger partial charge in [-0.1, -0.05) is 0 Å². The van der Waals surface area contributed by atoms with Crippen LogP contribution in [-0.4, -0.2) is 27.7 Å². The van der Waals surface area contributed by atoms with Crippen molar-refractivity contribution in [3.63, 3.8) is 0 Å². The monoisotopic (exact) mass is 236 g/mol. The lowest BCUT2D eigenvalue weighted by Gasteiger charge is -1.96. The molecule has 5 nitrogen and oxygen atoms in total. The topological polar surface area (TPSA) is 99.3 Å². The predicted molar refractivity (Wildman–Crippen MR) is 66.0 cm³/mol. The first-order valence-corrected chi connectivity index (χ1v) is 5.23. The lowest BCUT2D eigenvalue weighted by molar-refractivity contribution is -0.134. The van der Waals surface area contributed by atoms with E-state index in [1.165, 1.54) is 0 Å². The lowest BCUT2D eigenvalue weighted by Crippen LogP contribution is -2.01. The number of aromatic nitrogens is 1. The zero-order valence-corrected chi connectivity index (χ0v) is 9.60. The van der Waals surface area contributed by atoms with Gasteiger partial charge in [-0.2, -0.15) is 0 Å². The Morgan fingerprint density at radius 2 is 2.12 bits per heavy atom. The van der Waals surface area contributed by atoms with Crippen LogP contribution in [-0.2, 0) is 11.2 Å². The Kier molecular flexibility index (Phi) is 4.54. The summed E-state index contributed by atoms with van der Waals surface area (Å²) in [6, 6.07) is 5.30. The SMILES string of the molecule is CC(=O)O.NCCc1c[nH]c2ccc(O)cc12. The molecule has 0 aliphatic carbocycles. The number of carbonyl (C=O) groups is 1. The van der Waals surface area contributed by atoms with Gasteiger partial charge in [0, 0.05) is 24.0 Å². The number of phenols is 1. The average molecular weight is 236 g/mol. The van der Waals surface area contributed by atoms with E-state index in [2.05, 4.69) is 4.98 Å². The third kappa shape index (κ3) is 3.81. The molecule has 0 spiro atoms. The molecular formula is C12H16N2O3. The Balaban J connectivity index is 0.000000317. The summed E-state index contributed by atoms with van der Waals surface area (Å²) in [5, 5.41) is 17.8. The first kappa shape index (κ1) is 13.1. The minimum Gasteiger partial charge on any atom is -0.508 e. The summed E-state index contributed by atoms with van der Waals surface area (Å²) in [6.45, 7) is 1.71. The average Bonchev–Trinajstić information content (AvgIpc) is 2.61. The molecule has 2 rings (SSSR count). The van der Waals surface area contributed by atoms with Crippen molar-refractivity contribution in [2.45, 2.75) is 13.3 Å². The van der Waals surface area contributed by atoms with E-state index in [-0.39, 0.29) is 0 Å². The van der Waals surface area contributed by atoms with Gasteiger partial charge < -0.3 is 20.9 Å². The summed E-state index contributed by atoms with van der Waals surface area (Å²) in [5.41, 5.74) is 7.68. The second kappa shape index (κ2) is 5.91. The zero-order chi connectivity index (χ0) is 12.8. The van der Waals surface area contributed by atoms with Crippen molar-refractivity contribution in [1.82, 2.24) is 4.98 Å². The van der Waals surface area contributed by atoms with Crippen LogP contribution in [0.15, 0.2) is 24.4 Å². The minimum absolute atomic E-state index is 0.297. The van der Waals surface area contributed by atoms with Crippen LogP contribution in [0.25, 0.3) is 10.9 Å². The van der Waals surface area contributed by atoms with Crippen LogP contribution >= 0.6 is 0 Å². The van der Waals surface area contributed by atoms with E-state index >= 15 is 0 Å². The maximum absolute atomic E-state index is 9.30. The van der Waals surface area contributed by atoms with Gasteiger partial charge in [-0.25, -0.2) is 0 Å². The molecule has 0 saturated carbocycles. The number of rotatable bonds is 2. The molecule has 1 heterocycles. The zero-order valence-electron chi connectivity index (χ0n) is 9.60. The normalized spacial score (nSPS) is 9.76. The van der Waals surface area contributed by atoms with Crippen molar-refractivity contribution in [3.05, 3.63) is 30.0 Å². The maximum Gasteiger partial charge on any atom is 0.300 e. The standard InChI is InChI=1S/C10H12N2O.C2H4O2/c11-4-3-7-6-12-10-2-1-8(13)5-9(7)10;1-2(3)4/h1-2,5-6,12-13H,3-4,11H2;1H3,(H,3,4). The number of carboxylic acid groups (broad SMARTS) is 1. The summed E-state index contributed by atoms with van der Waals surface area (Å²) >= 11 is 0. The quantitative estimate of drug-likeness (QED) is 0.634. The lowest BCUT2D eigenvalue weighted by atomic mass is 10.1. The number of hydrogen-bond acceptors (Lipinski definition) is 3. The second-order valence-corrected chi connectivity index (χ2v) is 3.60. The minimum atomic E-state index is -0.833. The van der Waals surface area contributed by atoms with Crippen LogP contribution in [0.4, 0.5) is 0 Å². The first-order valence-electron chi connectivity index (χ1n) is 5.23. The van der Waals surface area contributed by atoms with E-state index in [1.807, 2.05) is 12.3 Å². The van der Waals surface area contributed by atoms with Gasteiger partial charge in [-0.05, 0) is 36.7 Å². The van der Waals surface area contributed by atoms with E-state index in [9.17, 15) is 5.11 Å². The highest BCUT2D eigenvalue weighted by atomic mass is 16.4. The fourth-order valence-corrected chi connectivity index (χ4v) is 1.53. The van der Waals surface area contributed by atoms with Gasteiger partial charge in [-0.15, -0.1) is 0 Å². The van der Waals surface area contributed by atoms with Crippen molar-refractivity contribution < 1.29 is 15.0 Å². The summed E-state index contributed by atoms with van der Waals surface area (Å²) in [7, 11) is 0. The van der Waals surface area contributed by atoms with Gasteiger partial charge in [0.15, 0.2) is 0 Å². The Hall–Kier alpha value is -2.01. The summed E-state index contributed by atoms with van der Waals surface area (Å²) in [5.74, 6) is -0.537. The number of nitrogens with one attached hydrogen (secondary N) is 1. The van der Waals surface area contributed by atoms with E-state index in [0.717, 1.165) is 29.8 Å². The highest BCUT2D eigenvalue weighted by Crippen LogP contribution is 2.22. The fraction of sp³-hybridized carbons (Fsp3) is 0.250. The van der Waals surface area contributed by atoms with Crippen molar-refractivity contribution >= 4 is 16.9 Å². The van der Waals surface area contributed by atoms with Crippen LogP contribution in [0, 0.1) is 0 Å². The van der Waals surface area contributed by atoms with Gasteiger partial charge in [0.05, 0.1) is 0 Å². The van der Waals surface area contributed by atoms with Crippen LogP contribution in [0.2, 0.25) is 0 Å². The predicted octanol–water partition coefficient (Wildman–Crippen LogP) is 1.47. The molecule has 0 aliphatic rings. The summed E-state index contributed by atoms with van der Waals surface area (Å²) in [4.78, 5) is 12.1. The third-order valence-corrected chi connectivity index (χ3v) is 2.16. The molecule has 0 amide bonds. The first-order chi connectivity index (χ1) is 8.04. The van der Waals surface area contributed by atoms with Crippen LogP contribution in [0.1, 0.15) is 12.5 Å². The van der Waals surface area contributed by atoms with E-state index in [0.29, 0.717) is 12.3 Å². The molecule has 0 atom stereocenters. The molecule has 0 fully saturated rings. The molecule has 2 aromatic rings. The Bertz CT molecular complexity index is 501. The maximum atomic E-state index is 9.30. The third-order valence-electron chi connectivity index (χ3n) is 2.16. The molecule has 0 aliphatic heterocycles. The van der Waals surface area contributed by atoms with Gasteiger partial charge in [0.1, 0.15) is 5.75 Å². The van der Waals surface area contributed by atoms with Crippen molar-refractivity contribution in [3.8, 4) is 5.75 Å². The molecule has 0 radical (unpaired) electrons. The Morgan fingerprint density at radius 1 is 1.47 bits per heavy atom. The number of H-pyrrole nitrogens is 1. The molecule has 0 unspecified atom stereocenters. The molecular weight excluding hydrogens is 220 g/mol. The molecule has 5 heteroatoms. The second-order valence-electron chi connectivity index (χ2n) is 3.60. The van der Waals surface area contributed by atoms with E-state index in [1.54, 1.807) is 12.1 Å². The van der Waals surface area contributed by atoms with E-state index < -0.39 is 5.97 Å². The number of aliphatic carboxylic acids is 1. The van der Waals surface area contributed by atoms with Crippen molar-refractivity contribution in [2.24, 2.45) is 5.73 Å². The number of aromatic amines is 1. The smallest absolute Gasteiger partial charge is 0.300 e. The number of carboxylic acids is 1. The molecule has 17 heavy (non-hydrogen) atoms. The number of aromatic hydroxyl groups is 1. The fourth-order valence-electron chi connectivity index (χ4n) is 1.53. The largest absolute Gasteiger partial charge is 0.508 e. The highest BCUT2D eigenvalue weighted by Gasteiger charge is 2.02. The highest BCUT2D eigenvalue weighted by molar-refractivity contribution is 5.84. The van der Waals surface area contributed by atoms with Crippen LogP contribution in [0.5, 0.6) is 5.75 Å². The van der Waals surface area contributed by atoms with Gasteiger partial charge in [0.2, 0.25) is 0 Å². The van der Waals surface area contributed by atoms with Gasteiger partial charge >= 0.3 is 0 Å². The summed E-state index contributed by atoms with van der Waals surface area (Å²) < 4.78 is 0. The molecule has 0 saturated heterocycles.